The molecule has 1 saturated carbocycles. The molecule has 0 atom stereocenters. The quantitative estimate of drug-likeness (QED) is 0.730. The Kier molecular flexibility index (Phi) is 3.60. The van der Waals surface area contributed by atoms with Crippen LogP contribution in [0.4, 0.5) is 11.8 Å². The van der Waals surface area contributed by atoms with Gasteiger partial charge in [-0.1, -0.05) is 12.8 Å². The van der Waals surface area contributed by atoms with Gasteiger partial charge in [-0.15, -0.1) is 0 Å². The first kappa shape index (κ1) is 15.5. The van der Waals surface area contributed by atoms with E-state index in [1.165, 1.54) is 6.20 Å². The molecule has 0 bridgehead atoms. The first-order valence-corrected chi connectivity index (χ1v) is 8.32. The van der Waals surface area contributed by atoms with Crippen LogP contribution in [0.2, 0.25) is 0 Å². The summed E-state index contributed by atoms with van der Waals surface area (Å²) in [6.07, 6.45) is 7.09. The molecule has 1 aliphatic carbocycles. The van der Waals surface area contributed by atoms with Crippen LogP contribution in [0.3, 0.4) is 0 Å². The minimum absolute atomic E-state index is 0.109. The van der Waals surface area contributed by atoms with Gasteiger partial charge in [-0.25, -0.2) is 9.97 Å². The number of pyridine rings is 1. The molecule has 3 heterocycles. The lowest BCUT2D eigenvalue weighted by molar-refractivity contribution is 0.516. The lowest BCUT2D eigenvalue weighted by Gasteiger charge is -2.18. The van der Waals surface area contributed by atoms with Gasteiger partial charge >= 0.3 is 0 Å². The van der Waals surface area contributed by atoms with Crippen LogP contribution in [0, 0.1) is 6.92 Å². The topological polar surface area (TPSA) is 126 Å². The maximum Gasteiger partial charge on any atom is 0.261 e. The summed E-state index contributed by atoms with van der Waals surface area (Å²) in [7, 11) is 0. The first-order chi connectivity index (χ1) is 12.0. The average molecular weight is 337 g/mol. The Bertz CT molecular complexity index is 1020. The van der Waals surface area contributed by atoms with Crippen molar-refractivity contribution in [3.05, 3.63) is 34.5 Å². The first-order valence-electron chi connectivity index (χ1n) is 8.32. The maximum atomic E-state index is 13.3. The third-order valence-electron chi connectivity index (χ3n) is 4.72. The molecular formula is C17H19N7O. The highest BCUT2D eigenvalue weighted by Crippen LogP contribution is 2.32. The standard InChI is InChI=1S/C17H19N7O/c1-9-11-6-12(13-7-20-8-14(18)22-13)16(25)24(10-4-2-3-5-10)15(11)23-17(19)21-9/h6-8,10H,2-5H2,1H3,(H2,18,22)(H2,19,21,23). The second kappa shape index (κ2) is 5.80. The van der Waals surface area contributed by atoms with Crippen molar-refractivity contribution in [1.29, 1.82) is 0 Å². The van der Waals surface area contributed by atoms with Crippen LogP contribution in [0.25, 0.3) is 22.3 Å². The predicted molar refractivity (Wildman–Crippen MR) is 95.9 cm³/mol. The largest absolute Gasteiger partial charge is 0.382 e. The fourth-order valence-electron chi connectivity index (χ4n) is 3.57. The highest BCUT2D eigenvalue weighted by molar-refractivity contribution is 5.83. The van der Waals surface area contributed by atoms with Gasteiger partial charge in [-0.3, -0.25) is 14.3 Å². The van der Waals surface area contributed by atoms with Crippen LogP contribution in [0.5, 0.6) is 0 Å². The van der Waals surface area contributed by atoms with E-state index in [1.54, 1.807) is 16.8 Å². The van der Waals surface area contributed by atoms with Gasteiger partial charge in [-0.05, 0) is 25.8 Å². The summed E-state index contributed by atoms with van der Waals surface area (Å²) in [5, 5.41) is 0.792. The Hall–Kier alpha value is -3.03. The lowest BCUT2D eigenvalue weighted by Crippen LogP contribution is -2.27. The predicted octanol–water partition coefficient (Wildman–Crippen LogP) is 1.84. The Balaban J connectivity index is 2.08. The third-order valence-corrected chi connectivity index (χ3v) is 4.72. The zero-order chi connectivity index (χ0) is 17.6. The van der Waals surface area contributed by atoms with Gasteiger partial charge in [0.2, 0.25) is 5.95 Å². The number of fused-ring (bicyclic) bond motifs is 1. The van der Waals surface area contributed by atoms with Crippen molar-refractivity contribution in [3.63, 3.8) is 0 Å². The summed E-state index contributed by atoms with van der Waals surface area (Å²) in [5.41, 5.74) is 13.7. The Morgan fingerprint density at radius 3 is 2.60 bits per heavy atom. The highest BCUT2D eigenvalue weighted by Gasteiger charge is 2.24. The number of nitrogens with zero attached hydrogens (tertiary/aromatic N) is 5. The van der Waals surface area contributed by atoms with Gasteiger partial charge in [0.15, 0.2) is 0 Å². The van der Waals surface area contributed by atoms with E-state index in [1.807, 2.05) is 6.92 Å². The number of hydrogen-bond donors (Lipinski definition) is 2. The van der Waals surface area contributed by atoms with Crippen molar-refractivity contribution in [2.75, 3.05) is 11.5 Å². The fourth-order valence-corrected chi connectivity index (χ4v) is 3.57. The molecule has 0 aliphatic heterocycles. The van der Waals surface area contributed by atoms with Crippen molar-refractivity contribution < 1.29 is 0 Å². The maximum absolute atomic E-state index is 13.3. The van der Waals surface area contributed by atoms with Crippen LogP contribution < -0.4 is 17.0 Å². The molecule has 128 valence electrons. The van der Waals surface area contributed by atoms with Crippen LogP contribution in [-0.2, 0) is 0 Å². The molecule has 3 aromatic rings. The van der Waals surface area contributed by atoms with Crippen LogP contribution in [0.15, 0.2) is 23.3 Å². The van der Waals surface area contributed by atoms with Crippen molar-refractivity contribution in [3.8, 4) is 11.3 Å². The fraction of sp³-hybridized carbons (Fsp3) is 0.353. The Morgan fingerprint density at radius 1 is 1.12 bits per heavy atom. The minimum atomic E-state index is -0.142. The normalized spacial score (nSPS) is 15.1. The molecule has 0 radical (unpaired) electrons. The number of nitrogens with two attached hydrogens (primary N) is 2. The number of aromatic nitrogens is 5. The zero-order valence-corrected chi connectivity index (χ0v) is 13.9. The van der Waals surface area contributed by atoms with E-state index in [0.29, 0.717) is 16.9 Å². The molecule has 4 rings (SSSR count). The molecule has 1 aliphatic rings. The summed E-state index contributed by atoms with van der Waals surface area (Å²) in [6.45, 7) is 1.86. The van der Waals surface area contributed by atoms with E-state index in [0.717, 1.165) is 36.8 Å². The minimum Gasteiger partial charge on any atom is -0.382 e. The molecule has 1 fully saturated rings. The summed E-state index contributed by atoms with van der Waals surface area (Å²) >= 11 is 0. The van der Waals surface area contributed by atoms with Gasteiger partial charge in [0.1, 0.15) is 11.5 Å². The summed E-state index contributed by atoms with van der Waals surface area (Å²) in [4.78, 5) is 30.2. The zero-order valence-electron chi connectivity index (χ0n) is 13.9. The molecule has 8 heteroatoms. The number of hydrogen-bond acceptors (Lipinski definition) is 7. The van der Waals surface area contributed by atoms with Crippen LogP contribution >= 0.6 is 0 Å². The molecule has 8 nitrogen and oxygen atoms in total. The van der Waals surface area contributed by atoms with Crippen LogP contribution in [0.1, 0.15) is 37.4 Å². The van der Waals surface area contributed by atoms with Crippen molar-refractivity contribution in [1.82, 2.24) is 24.5 Å². The molecule has 3 aromatic heterocycles. The molecular weight excluding hydrogens is 318 g/mol. The Labute approximate surface area is 144 Å². The van der Waals surface area contributed by atoms with E-state index >= 15 is 0 Å². The van der Waals surface area contributed by atoms with Crippen LogP contribution in [-0.4, -0.2) is 24.5 Å². The van der Waals surface area contributed by atoms with Gasteiger partial charge < -0.3 is 11.5 Å². The van der Waals surface area contributed by atoms with E-state index in [-0.39, 0.29) is 23.4 Å². The summed E-state index contributed by atoms with van der Waals surface area (Å²) in [6, 6.07) is 1.87. The van der Waals surface area contributed by atoms with E-state index in [4.69, 9.17) is 11.5 Å². The molecule has 25 heavy (non-hydrogen) atoms. The average Bonchev–Trinajstić information content (AvgIpc) is 3.08. The number of aryl methyl sites for hydroxylation is 1. The highest BCUT2D eigenvalue weighted by atomic mass is 16.1. The van der Waals surface area contributed by atoms with E-state index in [9.17, 15) is 4.79 Å². The van der Waals surface area contributed by atoms with Gasteiger partial charge in [0.25, 0.3) is 5.56 Å². The number of anilines is 2. The van der Waals surface area contributed by atoms with Crippen molar-refractivity contribution in [2.24, 2.45) is 0 Å². The second-order valence-corrected chi connectivity index (χ2v) is 6.41. The Morgan fingerprint density at radius 2 is 1.88 bits per heavy atom. The molecule has 0 unspecified atom stereocenters. The molecule has 0 saturated heterocycles. The number of nitrogen functional groups attached to an aromatic ring is 2. The van der Waals surface area contributed by atoms with Crippen molar-refractivity contribution in [2.45, 2.75) is 38.6 Å². The van der Waals surface area contributed by atoms with Gasteiger partial charge in [-0.2, -0.15) is 4.98 Å². The molecule has 0 amide bonds. The molecule has 4 N–H and O–H groups in total. The van der Waals surface area contributed by atoms with E-state index in [2.05, 4.69) is 19.9 Å². The molecule has 0 aromatic carbocycles. The smallest absolute Gasteiger partial charge is 0.261 e. The summed E-state index contributed by atoms with van der Waals surface area (Å²) < 4.78 is 1.76. The van der Waals surface area contributed by atoms with Crippen molar-refractivity contribution >= 4 is 22.8 Å². The van der Waals surface area contributed by atoms with E-state index < -0.39 is 0 Å². The van der Waals surface area contributed by atoms with Gasteiger partial charge in [0.05, 0.1) is 29.3 Å². The monoisotopic (exact) mass is 337 g/mol. The summed E-state index contributed by atoms with van der Waals surface area (Å²) in [5.74, 6) is 0.447. The SMILES string of the molecule is Cc1nc(N)nc2c1cc(-c1cncc(N)n1)c(=O)n2C1CCCC1. The number of rotatable bonds is 2. The third kappa shape index (κ3) is 2.59. The second-order valence-electron chi connectivity index (χ2n) is 6.41. The molecule has 0 spiro atoms. The lowest BCUT2D eigenvalue weighted by atomic mass is 10.1. The van der Waals surface area contributed by atoms with Gasteiger partial charge in [0, 0.05) is 11.4 Å².